The van der Waals surface area contributed by atoms with Crippen LogP contribution in [0.5, 0.6) is 0 Å². The van der Waals surface area contributed by atoms with Crippen LogP contribution in [0.4, 0.5) is 0 Å². The quantitative estimate of drug-likeness (QED) is 0.501. The molecule has 72 valence electrons. The second-order valence-electron chi connectivity index (χ2n) is 2.31. The van der Waals surface area contributed by atoms with Crippen LogP contribution in [-0.2, 0) is 18.2 Å². The maximum absolute atomic E-state index is 11.4. The van der Waals surface area contributed by atoms with Crippen LogP contribution in [0.2, 0.25) is 0 Å². The summed E-state index contributed by atoms with van der Waals surface area (Å²) in [4.78, 5) is 0. The van der Waals surface area contributed by atoms with Crippen molar-refractivity contribution in [2.45, 2.75) is 13.8 Å². The van der Waals surface area contributed by atoms with Gasteiger partial charge in [0.25, 0.3) is 0 Å². The molecule has 0 N–H and O–H groups in total. The summed E-state index contributed by atoms with van der Waals surface area (Å²) in [6, 6.07) is 0. The highest BCUT2D eigenvalue weighted by atomic mass is 31.2. The van der Waals surface area contributed by atoms with Crippen molar-refractivity contribution in [1.82, 2.24) is 5.06 Å². The molecule has 0 unspecified atom stereocenters. The molecule has 0 aliphatic carbocycles. The molecule has 1 aliphatic heterocycles. The lowest BCUT2D eigenvalue weighted by atomic mass is 10.6. The molecule has 1 rings (SSSR count). The Hall–Kier alpha value is 0.0700. The number of phosphoric acid groups is 1. The number of rotatable bonds is 4. The fourth-order valence-corrected chi connectivity index (χ4v) is 2.14. The van der Waals surface area contributed by atoms with Crippen molar-refractivity contribution in [2.75, 3.05) is 26.3 Å². The summed E-state index contributed by atoms with van der Waals surface area (Å²) >= 11 is 0. The first-order valence-electron chi connectivity index (χ1n) is 4.04. The van der Waals surface area contributed by atoms with Crippen molar-refractivity contribution < 1.29 is 18.2 Å². The minimum Gasteiger partial charge on any atom is -0.283 e. The Kier molecular flexibility index (Phi) is 3.68. The molecule has 1 fully saturated rings. The fraction of sp³-hybridized carbons (Fsp3) is 1.00. The topological polar surface area (TPSA) is 48.0 Å². The third-order valence-corrected chi connectivity index (χ3v) is 2.93. The SMILES string of the molecule is CCN(CC)OP1(=O)OCCO1. The number of hydrogen-bond acceptors (Lipinski definition) is 5. The number of nitrogens with zero attached hydrogens (tertiary/aromatic N) is 1. The fourth-order valence-electron chi connectivity index (χ4n) is 0.863. The number of hydrogen-bond donors (Lipinski definition) is 0. The Bertz CT molecular complexity index is 172. The van der Waals surface area contributed by atoms with Gasteiger partial charge >= 0.3 is 7.82 Å². The third-order valence-electron chi connectivity index (χ3n) is 1.50. The van der Waals surface area contributed by atoms with Gasteiger partial charge in [-0.3, -0.25) is 9.05 Å². The van der Waals surface area contributed by atoms with E-state index in [1.165, 1.54) is 0 Å². The van der Waals surface area contributed by atoms with Gasteiger partial charge in [0, 0.05) is 13.1 Å². The smallest absolute Gasteiger partial charge is 0.283 e. The molecule has 1 saturated heterocycles. The summed E-state index contributed by atoms with van der Waals surface area (Å²) in [5.74, 6) is 0. The highest BCUT2D eigenvalue weighted by Gasteiger charge is 2.34. The van der Waals surface area contributed by atoms with Gasteiger partial charge < -0.3 is 0 Å². The second-order valence-corrected chi connectivity index (χ2v) is 3.88. The Balaban J connectivity index is 2.42. The predicted molar refractivity (Wildman–Crippen MR) is 43.5 cm³/mol. The molecule has 1 aliphatic rings. The predicted octanol–water partition coefficient (Wildman–Crippen LogP) is 1.41. The van der Waals surface area contributed by atoms with Crippen molar-refractivity contribution in [3.63, 3.8) is 0 Å². The summed E-state index contributed by atoms with van der Waals surface area (Å²) in [5.41, 5.74) is 0. The van der Waals surface area contributed by atoms with Gasteiger partial charge in [-0.25, -0.2) is 4.57 Å². The van der Waals surface area contributed by atoms with Gasteiger partial charge in [0.05, 0.1) is 13.2 Å². The van der Waals surface area contributed by atoms with Gasteiger partial charge in [-0.05, 0) is 0 Å². The molecule has 0 radical (unpaired) electrons. The van der Waals surface area contributed by atoms with Gasteiger partial charge in [0.2, 0.25) is 0 Å². The molecule has 0 aromatic heterocycles. The van der Waals surface area contributed by atoms with Crippen LogP contribution in [0.15, 0.2) is 0 Å². The van der Waals surface area contributed by atoms with E-state index in [9.17, 15) is 4.57 Å². The van der Waals surface area contributed by atoms with Crippen LogP contribution < -0.4 is 0 Å². The van der Waals surface area contributed by atoms with Crippen molar-refractivity contribution in [2.24, 2.45) is 0 Å². The molecule has 0 aromatic rings. The first kappa shape index (κ1) is 10.2. The van der Waals surface area contributed by atoms with Crippen LogP contribution >= 0.6 is 7.82 Å². The Morgan fingerprint density at radius 3 is 2.25 bits per heavy atom. The van der Waals surface area contributed by atoms with E-state index in [1.807, 2.05) is 13.8 Å². The van der Waals surface area contributed by atoms with E-state index < -0.39 is 7.82 Å². The average Bonchev–Trinajstić information content (AvgIpc) is 2.48. The first-order valence-corrected chi connectivity index (χ1v) is 5.50. The molecule has 0 aromatic carbocycles. The van der Waals surface area contributed by atoms with E-state index >= 15 is 0 Å². The lowest BCUT2D eigenvalue weighted by Crippen LogP contribution is -2.21. The van der Waals surface area contributed by atoms with Crippen molar-refractivity contribution in [3.8, 4) is 0 Å². The monoisotopic (exact) mass is 195 g/mol. The summed E-state index contributed by atoms with van der Waals surface area (Å²) < 4.78 is 26.2. The van der Waals surface area contributed by atoms with Crippen LogP contribution in [-0.4, -0.2) is 31.4 Å². The van der Waals surface area contributed by atoms with E-state index in [-0.39, 0.29) is 0 Å². The van der Waals surface area contributed by atoms with Gasteiger partial charge in [0.1, 0.15) is 0 Å². The largest absolute Gasteiger partial charge is 0.491 e. The minimum absolute atomic E-state index is 0.346. The highest BCUT2D eigenvalue weighted by molar-refractivity contribution is 7.48. The van der Waals surface area contributed by atoms with E-state index in [2.05, 4.69) is 0 Å². The van der Waals surface area contributed by atoms with Gasteiger partial charge in [-0.1, -0.05) is 13.8 Å². The van der Waals surface area contributed by atoms with E-state index in [1.54, 1.807) is 5.06 Å². The van der Waals surface area contributed by atoms with Crippen LogP contribution in [0.3, 0.4) is 0 Å². The van der Waals surface area contributed by atoms with Crippen molar-refractivity contribution in [3.05, 3.63) is 0 Å². The van der Waals surface area contributed by atoms with E-state index in [4.69, 9.17) is 13.7 Å². The van der Waals surface area contributed by atoms with Crippen LogP contribution in [0, 0.1) is 0 Å². The van der Waals surface area contributed by atoms with Gasteiger partial charge in [-0.2, -0.15) is 9.69 Å². The Morgan fingerprint density at radius 1 is 1.33 bits per heavy atom. The average molecular weight is 195 g/mol. The standard InChI is InChI=1S/C6H14NO4P/c1-3-7(4-2)11-12(8)9-5-6-10-12/h3-6H2,1-2H3. The maximum Gasteiger partial charge on any atom is 0.491 e. The highest BCUT2D eigenvalue weighted by Crippen LogP contribution is 2.53. The second kappa shape index (κ2) is 4.35. The zero-order chi connectivity index (χ0) is 9.03. The zero-order valence-corrected chi connectivity index (χ0v) is 8.25. The molecule has 0 atom stereocenters. The first-order chi connectivity index (χ1) is 5.70. The lowest BCUT2D eigenvalue weighted by molar-refractivity contribution is -0.0726. The van der Waals surface area contributed by atoms with E-state index in [0.29, 0.717) is 26.3 Å². The van der Waals surface area contributed by atoms with Gasteiger partial charge in [0.15, 0.2) is 0 Å². The molecule has 0 saturated carbocycles. The summed E-state index contributed by atoms with van der Waals surface area (Å²) in [7, 11) is -3.23. The molecule has 6 heteroatoms. The van der Waals surface area contributed by atoms with Crippen LogP contribution in [0.1, 0.15) is 13.8 Å². The lowest BCUT2D eigenvalue weighted by Gasteiger charge is -2.19. The zero-order valence-electron chi connectivity index (χ0n) is 7.36. The maximum atomic E-state index is 11.4. The molecule has 0 spiro atoms. The summed E-state index contributed by atoms with van der Waals surface area (Å²) in [6.45, 7) is 5.83. The minimum atomic E-state index is -3.23. The molecule has 12 heavy (non-hydrogen) atoms. The molecule has 5 nitrogen and oxygen atoms in total. The molecular weight excluding hydrogens is 181 g/mol. The van der Waals surface area contributed by atoms with Gasteiger partial charge in [-0.15, -0.1) is 0 Å². The summed E-state index contributed by atoms with van der Waals surface area (Å²) in [5, 5.41) is 1.55. The normalized spacial score (nSPS) is 21.9. The van der Waals surface area contributed by atoms with E-state index in [0.717, 1.165) is 0 Å². The molecular formula is C6H14NO4P. The van der Waals surface area contributed by atoms with Crippen molar-refractivity contribution in [1.29, 1.82) is 0 Å². The number of hydroxylamine groups is 2. The third kappa shape index (κ3) is 2.54. The molecule has 0 bridgehead atoms. The van der Waals surface area contributed by atoms with Crippen LogP contribution in [0.25, 0.3) is 0 Å². The molecule has 0 amide bonds. The Labute approximate surface area is 72.2 Å². The number of phosphoric ester groups is 1. The summed E-state index contributed by atoms with van der Waals surface area (Å²) in [6.07, 6.45) is 0. The molecule has 1 heterocycles. The van der Waals surface area contributed by atoms with Crippen molar-refractivity contribution >= 4 is 7.82 Å². The Morgan fingerprint density at radius 2 is 1.83 bits per heavy atom.